The maximum absolute atomic E-state index is 13.8. The summed E-state index contributed by atoms with van der Waals surface area (Å²) in [6.07, 6.45) is -4.22. The van der Waals surface area contributed by atoms with Gasteiger partial charge in [0, 0.05) is 11.6 Å². The third-order valence-electron chi connectivity index (χ3n) is 6.71. The molecule has 2 aliphatic rings. The Morgan fingerprint density at radius 2 is 1.77 bits per heavy atom. The van der Waals surface area contributed by atoms with Gasteiger partial charge in [-0.05, 0) is 49.1 Å². The minimum absolute atomic E-state index is 0.0458. The molecule has 0 spiro atoms. The van der Waals surface area contributed by atoms with E-state index in [0.29, 0.717) is 12.8 Å². The van der Waals surface area contributed by atoms with Gasteiger partial charge >= 0.3 is 6.18 Å². The highest BCUT2D eigenvalue weighted by Gasteiger charge is 2.51. The maximum atomic E-state index is 13.8. The smallest absolute Gasteiger partial charge is 0.336 e. The quantitative estimate of drug-likeness (QED) is 0.474. The Kier molecular flexibility index (Phi) is 8.19. The second kappa shape index (κ2) is 11.0. The van der Waals surface area contributed by atoms with Crippen LogP contribution in [0.25, 0.3) is 0 Å². The molecular weight excluding hydrogens is 580 g/mol. The molecule has 1 saturated carbocycles. The van der Waals surface area contributed by atoms with Crippen molar-refractivity contribution in [1.29, 1.82) is 5.26 Å². The summed E-state index contributed by atoms with van der Waals surface area (Å²) in [5, 5.41) is 13.1. The lowest BCUT2D eigenvalue weighted by molar-refractivity contribution is -0.143. The predicted molar refractivity (Wildman–Crippen MR) is 137 cm³/mol. The molecule has 0 radical (unpaired) electrons. The summed E-state index contributed by atoms with van der Waals surface area (Å²) in [6, 6.07) is 10.3. The van der Waals surface area contributed by atoms with Crippen LogP contribution in [0.5, 0.6) is 0 Å². The van der Waals surface area contributed by atoms with Gasteiger partial charge in [-0.3, -0.25) is 14.9 Å². The molecule has 4 rings (SSSR count). The first-order valence-electron chi connectivity index (χ1n) is 11.8. The van der Waals surface area contributed by atoms with Crippen LogP contribution in [0.4, 0.5) is 13.2 Å². The lowest BCUT2D eigenvalue weighted by Gasteiger charge is -2.29. The molecule has 2 aromatic rings. The summed E-state index contributed by atoms with van der Waals surface area (Å²) in [4.78, 5) is 27.8. The molecule has 1 aliphatic heterocycles. The lowest BCUT2D eigenvalue weighted by atomic mass is 10.0. The second-order valence-corrected chi connectivity index (χ2v) is 12.5. The van der Waals surface area contributed by atoms with Crippen LogP contribution in [0, 0.1) is 11.3 Å². The monoisotopic (exact) mass is 602 g/mol. The van der Waals surface area contributed by atoms with Crippen molar-refractivity contribution in [1.82, 2.24) is 15.5 Å². The molecular formula is C25H23Cl2F3N4O4S. The van der Waals surface area contributed by atoms with Crippen LogP contribution < -0.4 is 10.6 Å². The van der Waals surface area contributed by atoms with Crippen LogP contribution in [-0.4, -0.2) is 61.2 Å². The molecule has 2 amide bonds. The Labute approximate surface area is 233 Å². The molecule has 1 heterocycles. The molecule has 0 aromatic heterocycles. The van der Waals surface area contributed by atoms with E-state index >= 15 is 0 Å². The first kappa shape index (κ1) is 29.1. The minimum atomic E-state index is -4.66. The number of sulfone groups is 1. The van der Waals surface area contributed by atoms with Gasteiger partial charge in [0.1, 0.15) is 17.6 Å². The zero-order valence-corrected chi connectivity index (χ0v) is 22.5. The van der Waals surface area contributed by atoms with Crippen LogP contribution in [0.15, 0.2) is 53.4 Å². The highest BCUT2D eigenvalue weighted by Crippen LogP contribution is 2.37. The fourth-order valence-corrected chi connectivity index (χ4v) is 6.81. The summed E-state index contributed by atoms with van der Waals surface area (Å²) in [7, 11) is -4.16. The van der Waals surface area contributed by atoms with Crippen molar-refractivity contribution in [2.24, 2.45) is 0 Å². The Bertz CT molecular complexity index is 1410. The molecule has 2 fully saturated rings. The Hall–Kier alpha value is -2.85. The maximum Gasteiger partial charge on any atom is 0.401 e. The lowest BCUT2D eigenvalue weighted by Crippen LogP contribution is -2.52. The SMILES string of the molecule is N#CC1(NC(=O)[C@H]2CC(S(=O)(=O)c3ccccc3Cl)CN2C(=O)C(NCC(F)(F)F)c2ccc(Cl)cc2)CC1. The number of nitriles is 1. The number of nitrogens with one attached hydrogen (secondary N) is 2. The second-order valence-electron chi connectivity index (χ2n) is 9.50. The molecule has 1 saturated heterocycles. The number of benzene rings is 2. The number of alkyl halides is 3. The number of rotatable bonds is 8. The van der Waals surface area contributed by atoms with Gasteiger partial charge in [0.2, 0.25) is 11.8 Å². The Morgan fingerprint density at radius 3 is 2.33 bits per heavy atom. The van der Waals surface area contributed by atoms with E-state index in [9.17, 15) is 36.4 Å². The zero-order valence-electron chi connectivity index (χ0n) is 20.2. The molecule has 0 bridgehead atoms. The standard InChI is InChI=1S/C25H23Cl2F3N4O4S/c26-16-7-5-15(6-8-16)21(32-14-25(28,29)30)23(36)34-12-17(39(37,38)20-4-2-1-3-18(20)27)11-19(34)22(35)33-24(13-31)9-10-24/h1-8,17,19,21,32H,9-12,14H2,(H,33,35)/t17?,19-,21?/m1/s1. The first-order valence-corrected chi connectivity index (χ1v) is 14.1. The third kappa shape index (κ3) is 6.49. The first-order chi connectivity index (χ1) is 18.3. The van der Waals surface area contributed by atoms with Gasteiger partial charge in [-0.15, -0.1) is 0 Å². The van der Waals surface area contributed by atoms with E-state index in [2.05, 4.69) is 10.6 Å². The van der Waals surface area contributed by atoms with Crippen molar-refractivity contribution in [2.45, 2.75) is 53.2 Å². The van der Waals surface area contributed by atoms with E-state index in [1.54, 1.807) is 6.07 Å². The van der Waals surface area contributed by atoms with Gasteiger partial charge in [-0.2, -0.15) is 18.4 Å². The van der Waals surface area contributed by atoms with Gasteiger partial charge in [0.25, 0.3) is 0 Å². The van der Waals surface area contributed by atoms with Crippen molar-refractivity contribution in [3.63, 3.8) is 0 Å². The molecule has 3 atom stereocenters. The molecule has 1 aliphatic carbocycles. The zero-order chi connectivity index (χ0) is 28.6. The number of nitrogens with zero attached hydrogens (tertiary/aromatic N) is 2. The van der Waals surface area contributed by atoms with Crippen LogP contribution in [-0.2, 0) is 19.4 Å². The number of amides is 2. The number of hydrogen-bond donors (Lipinski definition) is 2. The highest BCUT2D eigenvalue weighted by atomic mass is 35.5. The van der Waals surface area contributed by atoms with E-state index in [1.807, 2.05) is 6.07 Å². The number of likely N-dealkylation sites (tertiary alicyclic amines) is 1. The average Bonchev–Trinajstić information content (AvgIpc) is 3.49. The number of hydrogen-bond acceptors (Lipinski definition) is 6. The molecule has 39 heavy (non-hydrogen) atoms. The largest absolute Gasteiger partial charge is 0.401 e. The Morgan fingerprint density at radius 1 is 1.13 bits per heavy atom. The summed E-state index contributed by atoms with van der Waals surface area (Å²) < 4.78 is 66.4. The van der Waals surface area contributed by atoms with Gasteiger partial charge in [-0.1, -0.05) is 47.5 Å². The summed E-state index contributed by atoms with van der Waals surface area (Å²) >= 11 is 12.0. The Balaban J connectivity index is 1.70. The van der Waals surface area contributed by atoms with Crippen molar-refractivity contribution in [3.05, 3.63) is 64.1 Å². The molecule has 8 nitrogen and oxygen atoms in total. The topological polar surface area (TPSA) is 119 Å². The van der Waals surface area contributed by atoms with Crippen molar-refractivity contribution in [3.8, 4) is 6.07 Å². The molecule has 14 heteroatoms. The number of halogens is 5. The normalized spacial score (nSPS) is 21.2. The van der Waals surface area contributed by atoms with Crippen LogP contribution in [0.3, 0.4) is 0 Å². The molecule has 208 valence electrons. The van der Waals surface area contributed by atoms with Crippen LogP contribution in [0.1, 0.15) is 30.9 Å². The van der Waals surface area contributed by atoms with E-state index in [1.165, 1.54) is 42.5 Å². The highest BCUT2D eigenvalue weighted by molar-refractivity contribution is 7.92. The minimum Gasteiger partial charge on any atom is -0.336 e. The summed E-state index contributed by atoms with van der Waals surface area (Å²) in [6.45, 7) is -1.99. The van der Waals surface area contributed by atoms with Crippen molar-refractivity contribution >= 4 is 44.9 Å². The van der Waals surface area contributed by atoms with E-state index in [0.717, 1.165) is 4.90 Å². The molecule has 2 unspecified atom stereocenters. The van der Waals surface area contributed by atoms with Crippen LogP contribution >= 0.6 is 23.2 Å². The number of carbonyl (C=O) groups is 2. The van der Waals surface area contributed by atoms with Crippen LogP contribution in [0.2, 0.25) is 10.0 Å². The summed E-state index contributed by atoms with van der Waals surface area (Å²) in [5.74, 6) is -1.69. The fourth-order valence-electron chi connectivity index (χ4n) is 4.46. The van der Waals surface area contributed by atoms with E-state index < -0.39 is 63.8 Å². The number of carbonyl (C=O) groups excluding carboxylic acids is 2. The summed E-state index contributed by atoms with van der Waals surface area (Å²) in [5.41, 5.74) is -0.976. The van der Waals surface area contributed by atoms with Crippen molar-refractivity contribution in [2.75, 3.05) is 13.1 Å². The predicted octanol–water partition coefficient (Wildman–Crippen LogP) is 3.80. The van der Waals surface area contributed by atoms with Gasteiger partial charge < -0.3 is 10.2 Å². The molecule has 2 N–H and O–H groups in total. The van der Waals surface area contributed by atoms with Crippen molar-refractivity contribution < 1.29 is 31.2 Å². The van der Waals surface area contributed by atoms with E-state index in [4.69, 9.17) is 23.2 Å². The van der Waals surface area contributed by atoms with Gasteiger partial charge in [-0.25, -0.2) is 8.42 Å². The van der Waals surface area contributed by atoms with Gasteiger partial charge in [0.15, 0.2) is 9.84 Å². The molecule has 2 aromatic carbocycles. The average molecular weight is 603 g/mol. The van der Waals surface area contributed by atoms with E-state index in [-0.39, 0.29) is 26.9 Å². The fraction of sp³-hybridized carbons (Fsp3) is 0.400. The third-order valence-corrected chi connectivity index (χ3v) is 9.60. The van der Waals surface area contributed by atoms with Gasteiger partial charge in [0.05, 0.1) is 27.8 Å².